The van der Waals surface area contributed by atoms with E-state index in [4.69, 9.17) is 14.2 Å². The van der Waals surface area contributed by atoms with E-state index in [1.807, 2.05) is 0 Å². The summed E-state index contributed by atoms with van der Waals surface area (Å²) in [7, 11) is 0. The minimum Gasteiger partial charge on any atom is -0.458 e. The Labute approximate surface area is 168 Å². The molecule has 3 aliphatic carbocycles. The van der Waals surface area contributed by atoms with Gasteiger partial charge in [0.05, 0.1) is 19.3 Å². The lowest BCUT2D eigenvalue weighted by atomic mass is 9.46. The second kappa shape index (κ2) is 7.46. The van der Waals surface area contributed by atoms with Crippen LogP contribution in [0.2, 0.25) is 0 Å². The van der Waals surface area contributed by atoms with E-state index < -0.39 is 0 Å². The third kappa shape index (κ3) is 3.19. The van der Waals surface area contributed by atoms with Crippen molar-refractivity contribution in [2.24, 2.45) is 28.6 Å². The summed E-state index contributed by atoms with van der Waals surface area (Å²) in [5.74, 6) is 1.22. The van der Waals surface area contributed by atoms with Gasteiger partial charge in [-0.25, -0.2) is 0 Å². The zero-order valence-corrected chi connectivity index (χ0v) is 17.4. The maximum atomic E-state index is 11.4. The minimum atomic E-state index is -0.196. The van der Waals surface area contributed by atoms with Crippen molar-refractivity contribution in [3.63, 3.8) is 0 Å². The summed E-state index contributed by atoms with van der Waals surface area (Å²) in [5, 5.41) is 9.61. The molecule has 4 rings (SSSR count). The van der Waals surface area contributed by atoms with Gasteiger partial charge >= 0.3 is 5.97 Å². The molecule has 1 aliphatic heterocycles. The van der Waals surface area contributed by atoms with E-state index in [9.17, 15) is 10.1 Å². The Balaban J connectivity index is 1.60. The molecule has 0 amide bonds. The number of carbonyl (C=O) groups is 1. The Kier molecular flexibility index (Phi) is 5.31. The molecule has 0 aromatic carbocycles. The first kappa shape index (κ1) is 19.9. The number of carbonyl (C=O) groups excluding carboxylic acids is 1. The Morgan fingerprint density at radius 1 is 1.25 bits per heavy atom. The molecule has 0 radical (unpaired) electrons. The van der Waals surface area contributed by atoms with E-state index in [1.165, 1.54) is 12.5 Å². The second-order valence-corrected chi connectivity index (χ2v) is 9.69. The molecular formula is C23H33NO4. The number of nitrogens with zero attached hydrogens (tertiary/aromatic N) is 1. The fraction of sp³-hybridized carbons (Fsp3) is 0.826. The van der Waals surface area contributed by atoms with Crippen molar-refractivity contribution < 1.29 is 19.0 Å². The molecule has 28 heavy (non-hydrogen) atoms. The van der Waals surface area contributed by atoms with Crippen LogP contribution in [0.15, 0.2) is 11.6 Å². The SMILES string of the molecule is CC(=O)O[C@@H]1C=C2CC[C@@H]3[C@H](CC[C@](C)(C4OCCO4)[C@H]3CC#N)[C@@]2(C)CC1. The van der Waals surface area contributed by atoms with Crippen LogP contribution in [-0.2, 0) is 19.0 Å². The lowest BCUT2D eigenvalue weighted by Crippen LogP contribution is -2.54. The van der Waals surface area contributed by atoms with Gasteiger partial charge in [0.2, 0.25) is 0 Å². The van der Waals surface area contributed by atoms with Crippen molar-refractivity contribution in [3.8, 4) is 6.07 Å². The van der Waals surface area contributed by atoms with Crippen molar-refractivity contribution in [3.05, 3.63) is 11.6 Å². The van der Waals surface area contributed by atoms with E-state index >= 15 is 0 Å². The largest absolute Gasteiger partial charge is 0.458 e. The summed E-state index contributed by atoms with van der Waals surface area (Å²) in [6, 6.07) is 2.48. The minimum absolute atomic E-state index is 0.0684. The zero-order valence-electron chi connectivity index (χ0n) is 17.4. The van der Waals surface area contributed by atoms with Gasteiger partial charge in [-0.1, -0.05) is 19.4 Å². The monoisotopic (exact) mass is 387 g/mol. The average molecular weight is 388 g/mol. The van der Waals surface area contributed by atoms with E-state index in [0.717, 1.165) is 38.5 Å². The van der Waals surface area contributed by atoms with Gasteiger partial charge in [0.1, 0.15) is 6.10 Å². The molecular weight excluding hydrogens is 354 g/mol. The van der Waals surface area contributed by atoms with Crippen molar-refractivity contribution in [1.29, 1.82) is 5.26 Å². The Morgan fingerprint density at radius 3 is 2.68 bits per heavy atom. The molecule has 0 aromatic rings. The summed E-state index contributed by atoms with van der Waals surface area (Å²) in [4.78, 5) is 11.4. The van der Waals surface area contributed by atoms with E-state index in [0.29, 0.717) is 37.4 Å². The maximum absolute atomic E-state index is 11.4. The predicted octanol–water partition coefficient (Wildman–Crippen LogP) is 4.37. The highest BCUT2D eigenvalue weighted by molar-refractivity contribution is 5.66. The van der Waals surface area contributed by atoms with E-state index in [1.54, 1.807) is 0 Å². The van der Waals surface area contributed by atoms with Gasteiger partial charge in [0.15, 0.2) is 6.29 Å². The molecule has 1 saturated heterocycles. The number of ether oxygens (including phenoxy) is 3. The lowest BCUT2D eigenvalue weighted by molar-refractivity contribution is -0.188. The number of hydrogen-bond acceptors (Lipinski definition) is 5. The summed E-state index contributed by atoms with van der Waals surface area (Å²) in [6.45, 7) is 7.51. The summed E-state index contributed by atoms with van der Waals surface area (Å²) in [6.07, 6.45) is 8.87. The molecule has 0 unspecified atom stereocenters. The molecule has 4 aliphatic rings. The first-order chi connectivity index (χ1) is 13.4. The van der Waals surface area contributed by atoms with Crippen LogP contribution in [0.4, 0.5) is 0 Å². The van der Waals surface area contributed by atoms with Crippen molar-refractivity contribution in [2.75, 3.05) is 13.2 Å². The quantitative estimate of drug-likeness (QED) is 0.531. The van der Waals surface area contributed by atoms with Gasteiger partial charge in [-0.15, -0.1) is 0 Å². The van der Waals surface area contributed by atoms with Crippen LogP contribution >= 0.6 is 0 Å². The van der Waals surface area contributed by atoms with E-state index in [2.05, 4.69) is 26.0 Å². The number of nitriles is 1. The summed E-state index contributed by atoms with van der Waals surface area (Å²) >= 11 is 0. The number of fused-ring (bicyclic) bond motifs is 3. The van der Waals surface area contributed by atoms with Crippen LogP contribution in [0, 0.1) is 39.9 Å². The highest BCUT2D eigenvalue weighted by atomic mass is 16.7. The molecule has 5 nitrogen and oxygen atoms in total. The molecule has 2 saturated carbocycles. The average Bonchev–Trinajstić information content (AvgIpc) is 3.19. The molecule has 5 heteroatoms. The smallest absolute Gasteiger partial charge is 0.303 e. The van der Waals surface area contributed by atoms with Crippen LogP contribution in [0.25, 0.3) is 0 Å². The number of allylic oxidation sites excluding steroid dienone is 1. The van der Waals surface area contributed by atoms with Crippen LogP contribution in [0.3, 0.4) is 0 Å². The standard InChI is InChI=1S/C23H33NO4/c1-15(25)28-17-6-9-22(2)16(14-17)4-5-18-19(22)7-10-23(3,20(18)8-11-24)21-26-12-13-27-21/h14,17-21H,4-10,12-13H2,1-3H3/t17-,18+,19-,20-,22-,23-/m0/s1. The summed E-state index contributed by atoms with van der Waals surface area (Å²) in [5.41, 5.74) is 1.55. The molecule has 3 fully saturated rings. The van der Waals surface area contributed by atoms with Crippen molar-refractivity contribution in [2.45, 2.75) is 78.1 Å². The number of hydrogen-bond donors (Lipinski definition) is 0. The number of rotatable bonds is 3. The second-order valence-electron chi connectivity index (χ2n) is 9.69. The Morgan fingerprint density at radius 2 is 2.00 bits per heavy atom. The highest BCUT2D eigenvalue weighted by Crippen LogP contribution is 2.63. The van der Waals surface area contributed by atoms with E-state index in [-0.39, 0.29) is 29.2 Å². The third-order valence-corrected chi connectivity index (χ3v) is 8.30. The van der Waals surface area contributed by atoms with Crippen molar-refractivity contribution >= 4 is 5.97 Å². The van der Waals surface area contributed by atoms with Crippen LogP contribution in [-0.4, -0.2) is 31.6 Å². The molecule has 154 valence electrons. The molecule has 0 spiro atoms. The van der Waals surface area contributed by atoms with Gasteiger partial charge in [-0.2, -0.15) is 5.26 Å². The molecule has 0 N–H and O–H groups in total. The first-order valence-electron chi connectivity index (χ1n) is 10.9. The topological polar surface area (TPSA) is 68.6 Å². The molecule has 6 atom stereocenters. The third-order valence-electron chi connectivity index (χ3n) is 8.30. The Hall–Kier alpha value is -1.38. The fourth-order valence-corrected chi connectivity index (χ4v) is 6.87. The zero-order chi connectivity index (χ0) is 19.9. The van der Waals surface area contributed by atoms with Crippen molar-refractivity contribution in [1.82, 2.24) is 0 Å². The normalized spacial score (nSPS) is 43.4. The number of esters is 1. The molecule has 1 heterocycles. The maximum Gasteiger partial charge on any atom is 0.303 e. The van der Waals surface area contributed by atoms with Gasteiger partial charge in [-0.3, -0.25) is 4.79 Å². The molecule has 0 bridgehead atoms. The Bertz CT molecular complexity index is 691. The fourth-order valence-electron chi connectivity index (χ4n) is 6.87. The predicted molar refractivity (Wildman–Crippen MR) is 104 cm³/mol. The highest BCUT2D eigenvalue weighted by Gasteiger charge is 2.58. The van der Waals surface area contributed by atoms with Gasteiger partial charge in [-0.05, 0) is 67.8 Å². The first-order valence-corrected chi connectivity index (χ1v) is 10.9. The van der Waals surface area contributed by atoms with Gasteiger partial charge in [0, 0.05) is 18.8 Å². The molecule has 0 aromatic heterocycles. The van der Waals surface area contributed by atoms with Crippen LogP contribution < -0.4 is 0 Å². The summed E-state index contributed by atoms with van der Waals surface area (Å²) < 4.78 is 17.4. The van der Waals surface area contributed by atoms with Gasteiger partial charge in [0.25, 0.3) is 0 Å². The van der Waals surface area contributed by atoms with Crippen LogP contribution in [0.5, 0.6) is 0 Å². The lowest BCUT2D eigenvalue weighted by Gasteiger charge is -2.59. The van der Waals surface area contributed by atoms with Gasteiger partial charge < -0.3 is 14.2 Å². The van der Waals surface area contributed by atoms with Crippen LogP contribution in [0.1, 0.15) is 65.7 Å².